The van der Waals surface area contributed by atoms with Crippen molar-refractivity contribution < 1.29 is 28.6 Å². The minimum Gasteiger partial charge on any atom is -0.480 e. The number of esters is 1. The molecule has 0 saturated carbocycles. The Bertz CT molecular complexity index is 779. The first kappa shape index (κ1) is 19.1. The molecule has 0 spiro atoms. The molecular formula is C19H18FNO5. The van der Waals surface area contributed by atoms with E-state index in [4.69, 9.17) is 4.74 Å². The molecule has 1 atom stereocenters. The Labute approximate surface area is 149 Å². The van der Waals surface area contributed by atoms with E-state index in [-0.39, 0.29) is 13.0 Å². The van der Waals surface area contributed by atoms with Gasteiger partial charge >= 0.3 is 11.9 Å². The fraction of sp³-hybridized carbons (Fsp3) is 0.211. The van der Waals surface area contributed by atoms with E-state index in [9.17, 15) is 23.9 Å². The van der Waals surface area contributed by atoms with Gasteiger partial charge in [-0.05, 0) is 23.3 Å². The van der Waals surface area contributed by atoms with E-state index in [0.717, 1.165) is 5.56 Å². The first-order valence-electron chi connectivity index (χ1n) is 7.90. The maximum Gasteiger partial charge on any atom is 0.326 e. The normalized spacial score (nSPS) is 11.4. The van der Waals surface area contributed by atoms with Gasteiger partial charge in [0.05, 0.1) is 12.8 Å². The van der Waals surface area contributed by atoms with Gasteiger partial charge in [0.1, 0.15) is 18.5 Å². The van der Waals surface area contributed by atoms with Crippen molar-refractivity contribution in [2.24, 2.45) is 0 Å². The zero-order chi connectivity index (χ0) is 18.9. The summed E-state index contributed by atoms with van der Waals surface area (Å²) in [6.07, 6.45) is -0.697. The number of carboxylic acid groups (broad SMARTS) is 1. The molecule has 26 heavy (non-hydrogen) atoms. The second kappa shape index (κ2) is 9.31. The maximum absolute atomic E-state index is 13.1. The van der Waals surface area contributed by atoms with Gasteiger partial charge in [-0.25, -0.2) is 9.18 Å². The number of carbonyl (C=O) groups excluding carboxylic acids is 2. The minimum absolute atomic E-state index is 0.0171. The summed E-state index contributed by atoms with van der Waals surface area (Å²) in [5.41, 5.74) is 1.17. The van der Waals surface area contributed by atoms with Crippen molar-refractivity contribution in [3.05, 3.63) is 71.5 Å². The molecule has 2 rings (SSSR count). The van der Waals surface area contributed by atoms with E-state index in [1.165, 1.54) is 18.2 Å². The van der Waals surface area contributed by atoms with Crippen molar-refractivity contribution in [1.29, 1.82) is 0 Å². The summed E-state index contributed by atoms with van der Waals surface area (Å²) in [6, 6.07) is 12.9. The fourth-order valence-corrected chi connectivity index (χ4v) is 2.24. The van der Waals surface area contributed by atoms with Gasteiger partial charge in [-0.3, -0.25) is 9.59 Å². The van der Waals surface area contributed by atoms with Crippen LogP contribution in [0.15, 0.2) is 54.6 Å². The number of hydrogen-bond acceptors (Lipinski definition) is 4. The van der Waals surface area contributed by atoms with Gasteiger partial charge in [0, 0.05) is 0 Å². The Kier molecular flexibility index (Phi) is 6.84. The van der Waals surface area contributed by atoms with Crippen molar-refractivity contribution in [3.8, 4) is 0 Å². The van der Waals surface area contributed by atoms with E-state index in [1.54, 1.807) is 30.3 Å². The molecule has 2 N–H and O–H groups in total. The SMILES string of the molecule is O=C(Cc1cccc(F)c1)N[C@@H](CC(=O)OCc1ccccc1)C(=O)O. The van der Waals surface area contributed by atoms with Crippen LogP contribution < -0.4 is 5.32 Å². The summed E-state index contributed by atoms with van der Waals surface area (Å²) in [4.78, 5) is 35.0. The molecule has 0 bridgehead atoms. The molecule has 7 heteroatoms. The molecule has 6 nitrogen and oxygen atoms in total. The van der Waals surface area contributed by atoms with Gasteiger partial charge in [-0.2, -0.15) is 0 Å². The lowest BCUT2D eigenvalue weighted by Gasteiger charge is -2.14. The highest BCUT2D eigenvalue weighted by Crippen LogP contribution is 2.06. The molecule has 1 amide bonds. The molecule has 0 aromatic heterocycles. The number of rotatable bonds is 8. The third-order valence-corrected chi connectivity index (χ3v) is 3.50. The quantitative estimate of drug-likeness (QED) is 0.704. The average molecular weight is 359 g/mol. The Morgan fingerprint density at radius 3 is 2.38 bits per heavy atom. The van der Waals surface area contributed by atoms with Crippen LogP contribution in [-0.4, -0.2) is 29.0 Å². The van der Waals surface area contributed by atoms with E-state index < -0.39 is 36.1 Å². The van der Waals surface area contributed by atoms with Crippen molar-refractivity contribution in [3.63, 3.8) is 0 Å². The molecule has 0 saturated heterocycles. The highest BCUT2D eigenvalue weighted by molar-refractivity contribution is 5.88. The second-order valence-electron chi connectivity index (χ2n) is 5.62. The third kappa shape index (κ3) is 6.35. The summed E-state index contributed by atoms with van der Waals surface area (Å²) < 4.78 is 18.1. The highest BCUT2D eigenvalue weighted by Gasteiger charge is 2.24. The van der Waals surface area contributed by atoms with Gasteiger partial charge in [0.25, 0.3) is 0 Å². The molecule has 0 heterocycles. The number of halogens is 1. The Balaban J connectivity index is 1.86. The zero-order valence-corrected chi connectivity index (χ0v) is 13.9. The van der Waals surface area contributed by atoms with Crippen molar-refractivity contribution >= 4 is 17.8 Å². The standard InChI is InChI=1S/C19H18FNO5/c20-15-8-4-7-14(9-15)10-17(22)21-16(19(24)25)11-18(23)26-12-13-5-2-1-3-6-13/h1-9,16H,10-12H2,(H,21,22)(H,24,25)/t16-/m0/s1. The molecule has 136 valence electrons. The van der Waals surface area contributed by atoms with Crippen LogP contribution in [0.2, 0.25) is 0 Å². The first-order valence-corrected chi connectivity index (χ1v) is 7.90. The number of amides is 1. The largest absolute Gasteiger partial charge is 0.480 e. The summed E-state index contributed by atoms with van der Waals surface area (Å²) in [6.45, 7) is 0.0171. The maximum atomic E-state index is 13.1. The second-order valence-corrected chi connectivity index (χ2v) is 5.62. The summed E-state index contributed by atoms with van der Waals surface area (Å²) in [5.74, 6) is -3.21. The van der Waals surface area contributed by atoms with Crippen molar-refractivity contribution in [2.45, 2.75) is 25.5 Å². The predicted octanol–water partition coefficient (Wildman–Crippen LogP) is 2.07. The van der Waals surface area contributed by atoms with Crippen LogP contribution in [-0.2, 0) is 32.1 Å². The van der Waals surface area contributed by atoms with Gasteiger partial charge in [-0.15, -0.1) is 0 Å². The van der Waals surface area contributed by atoms with Gasteiger partial charge in [-0.1, -0.05) is 42.5 Å². The van der Waals surface area contributed by atoms with Crippen LogP contribution in [0.25, 0.3) is 0 Å². The van der Waals surface area contributed by atoms with Gasteiger partial charge in [0.15, 0.2) is 0 Å². The monoisotopic (exact) mass is 359 g/mol. The summed E-state index contributed by atoms with van der Waals surface area (Å²) in [7, 11) is 0. The minimum atomic E-state index is -1.42. The highest BCUT2D eigenvalue weighted by atomic mass is 19.1. The van der Waals surface area contributed by atoms with Crippen LogP contribution in [0, 0.1) is 5.82 Å². The number of aliphatic carboxylic acids is 1. The number of carbonyl (C=O) groups is 3. The van der Waals surface area contributed by atoms with Crippen LogP contribution in [0.1, 0.15) is 17.5 Å². The molecular weight excluding hydrogens is 341 g/mol. The van der Waals surface area contributed by atoms with Crippen molar-refractivity contribution in [2.75, 3.05) is 0 Å². The van der Waals surface area contributed by atoms with Gasteiger partial charge in [0.2, 0.25) is 5.91 Å². The molecule has 2 aromatic carbocycles. The lowest BCUT2D eigenvalue weighted by atomic mass is 10.1. The smallest absolute Gasteiger partial charge is 0.326 e. The number of nitrogens with one attached hydrogen (secondary N) is 1. The Hall–Kier alpha value is -3.22. The summed E-state index contributed by atoms with van der Waals surface area (Å²) in [5, 5.41) is 11.4. The van der Waals surface area contributed by atoms with Gasteiger partial charge < -0.3 is 15.2 Å². The molecule has 0 aliphatic carbocycles. The van der Waals surface area contributed by atoms with Crippen LogP contribution in [0.5, 0.6) is 0 Å². The van der Waals surface area contributed by atoms with E-state index >= 15 is 0 Å². The topological polar surface area (TPSA) is 92.7 Å². The van der Waals surface area contributed by atoms with E-state index in [0.29, 0.717) is 5.56 Å². The van der Waals surface area contributed by atoms with Crippen LogP contribution in [0.3, 0.4) is 0 Å². The lowest BCUT2D eigenvalue weighted by Crippen LogP contribution is -2.43. The molecule has 0 fully saturated rings. The molecule has 0 unspecified atom stereocenters. The van der Waals surface area contributed by atoms with E-state index in [2.05, 4.69) is 5.32 Å². The molecule has 0 radical (unpaired) electrons. The third-order valence-electron chi connectivity index (χ3n) is 3.50. The van der Waals surface area contributed by atoms with Crippen LogP contribution in [0.4, 0.5) is 4.39 Å². The average Bonchev–Trinajstić information content (AvgIpc) is 2.60. The lowest BCUT2D eigenvalue weighted by molar-refractivity contribution is -0.151. The van der Waals surface area contributed by atoms with Crippen LogP contribution >= 0.6 is 0 Å². The molecule has 0 aliphatic rings. The number of ether oxygens (including phenoxy) is 1. The zero-order valence-electron chi connectivity index (χ0n) is 13.9. The first-order chi connectivity index (χ1) is 12.4. The number of hydrogen-bond donors (Lipinski definition) is 2. The Morgan fingerprint density at radius 1 is 1.04 bits per heavy atom. The summed E-state index contributed by atoms with van der Waals surface area (Å²) >= 11 is 0. The molecule has 0 aliphatic heterocycles. The fourth-order valence-electron chi connectivity index (χ4n) is 2.24. The molecule has 2 aromatic rings. The van der Waals surface area contributed by atoms with Crippen molar-refractivity contribution in [1.82, 2.24) is 5.32 Å². The number of carboxylic acids is 1. The van der Waals surface area contributed by atoms with E-state index in [1.807, 2.05) is 6.07 Å². The Morgan fingerprint density at radius 2 is 1.73 bits per heavy atom. The number of benzene rings is 2. The predicted molar refractivity (Wildman–Crippen MR) is 90.5 cm³/mol.